The van der Waals surface area contributed by atoms with Crippen LogP contribution in [0.25, 0.3) is 0 Å². The van der Waals surface area contributed by atoms with Gasteiger partial charge >= 0.3 is 0 Å². The maximum absolute atomic E-state index is 6.04. The minimum absolute atomic E-state index is 0.00813. The van der Waals surface area contributed by atoms with E-state index < -0.39 is 0 Å². The van der Waals surface area contributed by atoms with Gasteiger partial charge in [-0.2, -0.15) is 0 Å². The van der Waals surface area contributed by atoms with E-state index in [1.54, 1.807) is 0 Å². The third-order valence-corrected chi connectivity index (χ3v) is 3.23. The third kappa shape index (κ3) is 2.92. The summed E-state index contributed by atoms with van der Waals surface area (Å²) in [5.41, 5.74) is 5.91. The molecule has 0 aliphatic heterocycles. The van der Waals surface area contributed by atoms with E-state index in [-0.39, 0.29) is 18.2 Å². The minimum Gasteiger partial charge on any atom is -0.486 e. The van der Waals surface area contributed by atoms with E-state index in [4.69, 9.17) is 26.8 Å². The first kappa shape index (κ1) is 12.7. The second-order valence-electron chi connectivity index (χ2n) is 4.32. The third-order valence-electron chi connectivity index (χ3n) is 2.92. The van der Waals surface area contributed by atoms with Gasteiger partial charge in [-0.1, -0.05) is 30.7 Å². The summed E-state index contributed by atoms with van der Waals surface area (Å²) in [4.78, 5) is 0. The first-order valence-electron chi connectivity index (χ1n) is 6.00. The fourth-order valence-corrected chi connectivity index (χ4v) is 2.10. The average molecular weight is 256 g/mol. The van der Waals surface area contributed by atoms with E-state index in [1.807, 2.05) is 24.3 Å². The zero-order valence-corrected chi connectivity index (χ0v) is 10.7. The summed E-state index contributed by atoms with van der Waals surface area (Å²) in [7, 11) is 0. The van der Waals surface area contributed by atoms with Gasteiger partial charge in [0.15, 0.2) is 0 Å². The fourth-order valence-electron chi connectivity index (χ4n) is 1.92. The number of para-hydroxylation sites is 1. The normalized spacial score (nSPS) is 27.6. The second-order valence-corrected chi connectivity index (χ2v) is 4.73. The van der Waals surface area contributed by atoms with Crippen molar-refractivity contribution in [1.29, 1.82) is 0 Å². The Morgan fingerprint density at radius 2 is 2.18 bits per heavy atom. The molecule has 1 aromatic rings. The molecule has 1 saturated carbocycles. The number of hydrogen-bond acceptors (Lipinski definition) is 3. The van der Waals surface area contributed by atoms with Crippen molar-refractivity contribution < 1.29 is 9.47 Å². The lowest BCUT2D eigenvalue weighted by molar-refractivity contribution is -0.0979. The molecule has 0 bridgehead atoms. The van der Waals surface area contributed by atoms with Gasteiger partial charge in [-0.05, 0) is 18.6 Å². The van der Waals surface area contributed by atoms with Crippen LogP contribution < -0.4 is 10.5 Å². The monoisotopic (exact) mass is 255 g/mol. The van der Waals surface area contributed by atoms with Crippen molar-refractivity contribution in [2.24, 2.45) is 5.73 Å². The first-order valence-corrected chi connectivity index (χ1v) is 6.38. The van der Waals surface area contributed by atoms with Crippen LogP contribution in [0.3, 0.4) is 0 Å². The van der Waals surface area contributed by atoms with Crippen LogP contribution in [0, 0.1) is 0 Å². The molecule has 3 unspecified atom stereocenters. The predicted molar refractivity (Wildman–Crippen MR) is 68.5 cm³/mol. The Kier molecular flexibility index (Phi) is 4.26. The molecular weight excluding hydrogens is 238 g/mol. The Labute approximate surface area is 107 Å². The fraction of sp³-hybridized carbons (Fsp3) is 0.538. The summed E-state index contributed by atoms with van der Waals surface area (Å²) in [6, 6.07) is 7.55. The number of nitrogens with two attached hydrogens (primary N) is 1. The zero-order chi connectivity index (χ0) is 12.3. The van der Waals surface area contributed by atoms with Gasteiger partial charge in [0.2, 0.25) is 0 Å². The van der Waals surface area contributed by atoms with Crippen molar-refractivity contribution >= 4 is 11.6 Å². The predicted octanol–water partition coefficient (Wildman–Crippen LogP) is 2.61. The van der Waals surface area contributed by atoms with E-state index in [2.05, 4.69) is 6.92 Å². The van der Waals surface area contributed by atoms with Crippen LogP contribution >= 0.6 is 11.6 Å². The SMILES string of the molecule is CCCOC1C(N)CC1Oc1ccccc1Cl. The molecule has 0 spiro atoms. The topological polar surface area (TPSA) is 44.5 Å². The van der Waals surface area contributed by atoms with Gasteiger partial charge in [-0.25, -0.2) is 0 Å². The molecule has 0 amide bonds. The highest BCUT2D eigenvalue weighted by molar-refractivity contribution is 6.32. The highest BCUT2D eigenvalue weighted by Gasteiger charge is 2.41. The maximum atomic E-state index is 6.04. The molecule has 4 heteroatoms. The maximum Gasteiger partial charge on any atom is 0.138 e. The van der Waals surface area contributed by atoms with Crippen LogP contribution in [0.5, 0.6) is 5.75 Å². The quantitative estimate of drug-likeness (QED) is 0.880. The van der Waals surface area contributed by atoms with Crippen LogP contribution in [0.15, 0.2) is 24.3 Å². The summed E-state index contributed by atoms with van der Waals surface area (Å²) in [6.07, 6.45) is 1.82. The highest BCUT2D eigenvalue weighted by atomic mass is 35.5. The molecule has 1 aliphatic rings. The Hall–Kier alpha value is -0.770. The van der Waals surface area contributed by atoms with Gasteiger partial charge < -0.3 is 15.2 Å². The smallest absolute Gasteiger partial charge is 0.138 e. The lowest BCUT2D eigenvalue weighted by Crippen LogP contribution is -2.59. The van der Waals surface area contributed by atoms with Crippen LogP contribution in [0.4, 0.5) is 0 Å². The van der Waals surface area contributed by atoms with Crippen molar-refractivity contribution in [3.05, 3.63) is 29.3 Å². The molecule has 94 valence electrons. The van der Waals surface area contributed by atoms with Crippen molar-refractivity contribution in [2.45, 2.75) is 38.0 Å². The van der Waals surface area contributed by atoms with Gasteiger partial charge in [-0.3, -0.25) is 0 Å². The molecular formula is C13H18ClNO2. The second kappa shape index (κ2) is 5.71. The van der Waals surface area contributed by atoms with Crippen LogP contribution in [0.2, 0.25) is 5.02 Å². The Bertz CT molecular complexity index is 372. The zero-order valence-electron chi connectivity index (χ0n) is 9.93. The lowest BCUT2D eigenvalue weighted by Gasteiger charge is -2.41. The van der Waals surface area contributed by atoms with E-state index in [0.717, 1.165) is 19.4 Å². The minimum atomic E-state index is -0.00813. The van der Waals surface area contributed by atoms with E-state index in [0.29, 0.717) is 10.8 Å². The standard InChI is InChI=1S/C13H18ClNO2/c1-2-7-16-13-10(15)8-12(13)17-11-6-4-3-5-9(11)14/h3-6,10,12-13H,2,7-8,15H2,1H3. The summed E-state index contributed by atoms with van der Waals surface area (Å²) >= 11 is 6.04. The van der Waals surface area contributed by atoms with E-state index in [9.17, 15) is 0 Å². The lowest BCUT2D eigenvalue weighted by atomic mass is 9.86. The number of halogens is 1. The summed E-state index contributed by atoms with van der Waals surface area (Å²) in [5, 5.41) is 0.627. The molecule has 2 rings (SSSR count). The molecule has 0 aromatic heterocycles. The van der Waals surface area contributed by atoms with Gasteiger partial charge in [0.05, 0.1) is 5.02 Å². The van der Waals surface area contributed by atoms with Crippen LogP contribution in [0.1, 0.15) is 19.8 Å². The molecule has 3 nitrogen and oxygen atoms in total. The highest BCUT2D eigenvalue weighted by Crippen LogP contribution is 2.31. The molecule has 17 heavy (non-hydrogen) atoms. The number of rotatable bonds is 5. The largest absolute Gasteiger partial charge is 0.486 e. The van der Waals surface area contributed by atoms with Crippen molar-refractivity contribution in [2.75, 3.05) is 6.61 Å². The Morgan fingerprint density at radius 1 is 1.41 bits per heavy atom. The van der Waals surface area contributed by atoms with E-state index in [1.165, 1.54) is 0 Å². The van der Waals surface area contributed by atoms with Crippen molar-refractivity contribution in [3.8, 4) is 5.75 Å². The van der Waals surface area contributed by atoms with Crippen molar-refractivity contribution in [3.63, 3.8) is 0 Å². The van der Waals surface area contributed by atoms with Crippen LogP contribution in [-0.2, 0) is 4.74 Å². The van der Waals surface area contributed by atoms with E-state index >= 15 is 0 Å². The molecule has 1 aromatic carbocycles. The molecule has 0 heterocycles. The van der Waals surface area contributed by atoms with Gasteiger partial charge in [-0.15, -0.1) is 0 Å². The van der Waals surface area contributed by atoms with Crippen molar-refractivity contribution in [1.82, 2.24) is 0 Å². The molecule has 1 aliphatic carbocycles. The summed E-state index contributed by atoms with van der Waals surface area (Å²) in [6.45, 7) is 2.80. The number of hydrogen-bond donors (Lipinski definition) is 1. The van der Waals surface area contributed by atoms with Gasteiger partial charge in [0, 0.05) is 19.1 Å². The summed E-state index contributed by atoms with van der Waals surface area (Å²) in [5.74, 6) is 0.705. The molecule has 1 fully saturated rings. The first-order chi connectivity index (χ1) is 8.22. The Morgan fingerprint density at radius 3 is 2.82 bits per heavy atom. The molecule has 0 saturated heterocycles. The molecule has 2 N–H and O–H groups in total. The van der Waals surface area contributed by atoms with Gasteiger partial charge in [0.25, 0.3) is 0 Å². The molecule has 0 radical (unpaired) electrons. The number of benzene rings is 1. The average Bonchev–Trinajstić information content (AvgIpc) is 2.31. The molecule has 3 atom stereocenters. The van der Waals surface area contributed by atoms with Gasteiger partial charge in [0.1, 0.15) is 18.0 Å². The van der Waals surface area contributed by atoms with Crippen LogP contribution in [-0.4, -0.2) is 24.9 Å². The Balaban J connectivity index is 1.93. The number of ether oxygens (including phenoxy) is 2. The summed E-state index contributed by atoms with van der Waals surface area (Å²) < 4.78 is 11.5.